The first-order valence-electron chi connectivity index (χ1n) is 5.80. The molecule has 4 heteroatoms. The van der Waals surface area contributed by atoms with Gasteiger partial charge in [-0.1, -0.05) is 0 Å². The average Bonchev–Trinajstić information content (AvgIpc) is 1.97. The van der Waals surface area contributed by atoms with Gasteiger partial charge in [-0.3, -0.25) is 0 Å². The summed E-state index contributed by atoms with van der Waals surface area (Å²) in [6.45, 7) is 10.0. The zero-order valence-corrected chi connectivity index (χ0v) is 10.9. The maximum Gasteiger partial charge on any atom is 0.410 e. The van der Waals surface area contributed by atoms with Crippen LogP contribution in [0.1, 0.15) is 47.5 Å². The molecule has 1 aliphatic heterocycles. The lowest BCUT2D eigenvalue weighted by Gasteiger charge is -2.44. The fraction of sp³-hybridized carbons (Fsp3) is 0.917. The Morgan fingerprint density at radius 2 is 2.00 bits per heavy atom. The molecule has 1 saturated heterocycles. The van der Waals surface area contributed by atoms with Crippen molar-refractivity contribution in [1.29, 1.82) is 0 Å². The van der Waals surface area contributed by atoms with E-state index < -0.39 is 5.60 Å². The molecule has 1 N–H and O–H groups in total. The van der Waals surface area contributed by atoms with Gasteiger partial charge in [-0.05, 0) is 47.5 Å². The van der Waals surface area contributed by atoms with E-state index in [2.05, 4.69) is 0 Å². The van der Waals surface area contributed by atoms with E-state index in [1.54, 1.807) is 4.90 Å². The van der Waals surface area contributed by atoms with Crippen LogP contribution in [0, 0.1) is 0 Å². The first kappa shape index (κ1) is 13.3. The summed E-state index contributed by atoms with van der Waals surface area (Å²) in [4.78, 5) is 13.7. The summed E-state index contributed by atoms with van der Waals surface area (Å²) in [5, 5.41) is 9.60. The van der Waals surface area contributed by atoms with Gasteiger partial charge in [0.05, 0.1) is 6.10 Å². The van der Waals surface area contributed by atoms with Gasteiger partial charge in [-0.2, -0.15) is 0 Å². The molecular formula is C12H23NO3. The highest BCUT2D eigenvalue weighted by molar-refractivity contribution is 5.69. The molecule has 94 valence electrons. The lowest BCUT2D eigenvalue weighted by Crippen LogP contribution is -2.55. The third-order valence-corrected chi connectivity index (χ3v) is 2.77. The van der Waals surface area contributed by atoms with Crippen LogP contribution < -0.4 is 0 Å². The van der Waals surface area contributed by atoms with Crippen molar-refractivity contribution in [2.75, 3.05) is 6.54 Å². The van der Waals surface area contributed by atoms with E-state index >= 15 is 0 Å². The summed E-state index contributed by atoms with van der Waals surface area (Å²) in [6.07, 6.45) is 0.632. The van der Waals surface area contributed by atoms with Crippen LogP contribution in [0.25, 0.3) is 0 Å². The second kappa shape index (κ2) is 4.24. The van der Waals surface area contributed by atoms with E-state index in [1.807, 2.05) is 34.6 Å². The quantitative estimate of drug-likeness (QED) is 0.692. The van der Waals surface area contributed by atoms with E-state index in [0.717, 1.165) is 0 Å². The molecule has 16 heavy (non-hydrogen) atoms. The predicted molar refractivity (Wildman–Crippen MR) is 62.3 cm³/mol. The molecule has 0 unspecified atom stereocenters. The predicted octanol–water partition coefficient (Wildman–Crippen LogP) is 2.16. The van der Waals surface area contributed by atoms with Gasteiger partial charge >= 0.3 is 6.09 Å². The lowest BCUT2D eigenvalue weighted by atomic mass is 9.89. The lowest BCUT2D eigenvalue weighted by molar-refractivity contribution is -0.0309. The van der Waals surface area contributed by atoms with E-state index in [9.17, 15) is 9.90 Å². The first-order chi connectivity index (χ1) is 7.12. The summed E-state index contributed by atoms with van der Waals surface area (Å²) in [5.74, 6) is 0. The number of rotatable bonds is 0. The Morgan fingerprint density at radius 1 is 1.44 bits per heavy atom. The normalized spacial score (nSPS) is 25.4. The first-order valence-corrected chi connectivity index (χ1v) is 5.80. The summed E-state index contributed by atoms with van der Waals surface area (Å²) < 4.78 is 5.35. The van der Waals surface area contributed by atoms with Gasteiger partial charge in [-0.25, -0.2) is 4.79 Å². The Balaban J connectivity index is 2.69. The highest BCUT2D eigenvalue weighted by Crippen LogP contribution is 2.29. The summed E-state index contributed by atoms with van der Waals surface area (Å²) >= 11 is 0. The van der Waals surface area contributed by atoms with Crippen LogP contribution in [0.2, 0.25) is 0 Å². The second-order valence-corrected chi connectivity index (χ2v) is 6.09. The van der Waals surface area contributed by atoms with Gasteiger partial charge in [0.25, 0.3) is 0 Å². The number of carbonyl (C=O) groups excluding carboxylic acids is 1. The second-order valence-electron chi connectivity index (χ2n) is 6.09. The zero-order chi connectivity index (χ0) is 12.6. The highest BCUT2D eigenvalue weighted by Gasteiger charge is 2.38. The van der Waals surface area contributed by atoms with Crippen molar-refractivity contribution >= 4 is 6.09 Å². The van der Waals surface area contributed by atoms with Gasteiger partial charge in [0.1, 0.15) is 5.60 Å². The van der Waals surface area contributed by atoms with Crippen molar-refractivity contribution in [3.8, 4) is 0 Å². The Morgan fingerprint density at radius 3 is 2.44 bits per heavy atom. The third-order valence-electron chi connectivity index (χ3n) is 2.77. The number of hydrogen-bond donors (Lipinski definition) is 1. The fourth-order valence-corrected chi connectivity index (χ4v) is 2.03. The molecule has 0 bridgehead atoms. The highest BCUT2D eigenvalue weighted by atomic mass is 16.6. The number of aliphatic hydroxyl groups is 1. The van der Waals surface area contributed by atoms with Gasteiger partial charge in [-0.15, -0.1) is 0 Å². The number of likely N-dealkylation sites (tertiary alicyclic amines) is 1. The number of ether oxygens (including phenoxy) is 1. The number of hydrogen-bond acceptors (Lipinski definition) is 3. The number of piperidine rings is 1. The van der Waals surface area contributed by atoms with Gasteiger partial charge in [0.15, 0.2) is 0 Å². The fourth-order valence-electron chi connectivity index (χ4n) is 2.03. The van der Waals surface area contributed by atoms with E-state index in [1.165, 1.54) is 0 Å². The van der Waals surface area contributed by atoms with E-state index in [-0.39, 0.29) is 17.7 Å². The molecule has 0 saturated carbocycles. The smallest absolute Gasteiger partial charge is 0.410 e. The molecule has 1 heterocycles. The molecule has 1 aliphatic rings. The molecule has 0 aromatic carbocycles. The van der Waals surface area contributed by atoms with E-state index in [0.29, 0.717) is 19.4 Å². The molecule has 0 aliphatic carbocycles. The average molecular weight is 229 g/mol. The SMILES string of the molecule is CC(C)(C)OC(=O)N1CC[C@@H](O)CC1(C)C. The van der Waals surface area contributed by atoms with Crippen molar-refractivity contribution in [2.45, 2.75) is 64.7 Å². The minimum atomic E-state index is -0.469. The third kappa shape index (κ3) is 3.37. The molecule has 0 aromatic rings. The van der Waals surface area contributed by atoms with E-state index in [4.69, 9.17) is 4.74 Å². The van der Waals surface area contributed by atoms with Crippen molar-refractivity contribution in [3.63, 3.8) is 0 Å². The van der Waals surface area contributed by atoms with Gasteiger partial charge in [0.2, 0.25) is 0 Å². The van der Waals surface area contributed by atoms with Gasteiger partial charge in [0, 0.05) is 12.1 Å². The number of aliphatic hydroxyl groups excluding tert-OH is 1. The molecular weight excluding hydrogens is 206 g/mol. The van der Waals surface area contributed by atoms with Crippen LogP contribution in [-0.2, 0) is 4.74 Å². The minimum Gasteiger partial charge on any atom is -0.444 e. The summed E-state index contributed by atoms with van der Waals surface area (Å²) in [5.41, 5.74) is -0.802. The van der Waals surface area contributed by atoms with Gasteiger partial charge < -0.3 is 14.7 Å². The van der Waals surface area contributed by atoms with Crippen LogP contribution in [0.5, 0.6) is 0 Å². The Hall–Kier alpha value is -0.770. The maximum atomic E-state index is 12.0. The topological polar surface area (TPSA) is 49.8 Å². The summed E-state index contributed by atoms with van der Waals surface area (Å²) in [7, 11) is 0. The molecule has 1 amide bonds. The van der Waals surface area contributed by atoms with Crippen molar-refractivity contribution in [3.05, 3.63) is 0 Å². The number of carbonyl (C=O) groups is 1. The molecule has 0 aromatic heterocycles. The van der Waals surface area contributed by atoms with Crippen molar-refractivity contribution in [2.24, 2.45) is 0 Å². The minimum absolute atomic E-state index is 0.288. The standard InChI is InChI=1S/C12H23NO3/c1-11(2,3)16-10(15)13-7-6-9(14)8-12(13,4)5/h9,14H,6-8H2,1-5H3/t9-/m1/s1. The van der Waals surface area contributed by atoms with Crippen LogP contribution in [0.4, 0.5) is 4.79 Å². The molecule has 1 rings (SSSR count). The largest absolute Gasteiger partial charge is 0.444 e. The van der Waals surface area contributed by atoms with Crippen LogP contribution in [0.15, 0.2) is 0 Å². The Labute approximate surface area is 97.6 Å². The van der Waals surface area contributed by atoms with Crippen molar-refractivity contribution in [1.82, 2.24) is 4.90 Å². The number of amides is 1. The van der Waals surface area contributed by atoms with Crippen LogP contribution >= 0.6 is 0 Å². The van der Waals surface area contributed by atoms with Crippen LogP contribution in [0.3, 0.4) is 0 Å². The zero-order valence-electron chi connectivity index (χ0n) is 10.9. The summed E-state index contributed by atoms with van der Waals surface area (Å²) in [6, 6.07) is 0. The molecule has 4 nitrogen and oxygen atoms in total. The monoisotopic (exact) mass is 229 g/mol. The molecule has 0 spiro atoms. The van der Waals surface area contributed by atoms with Crippen LogP contribution in [-0.4, -0.2) is 39.9 Å². The maximum absolute atomic E-state index is 12.0. The molecule has 0 radical (unpaired) electrons. The Kier molecular flexibility index (Phi) is 3.53. The van der Waals surface area contributed by atoms with Crippen molar-refractivity contribution < 1.29 is 14.6 Å². The molecule has 1 atom stereocenters. The Bertz CT molecular complexity index is 268. The number of nitrogens with zero attached hydrogens (tertiary/aromatic N) is 1. The molecule has 1 fully saturated rings.